The highest BCUT2D eigenvalue weighted by Gasteiger charge is 2.41. The van der Waals surface area contributed by atoms with Crippen molar-refractivity contribution in [3.63, 3.8) is 0 Å². The van der Waals surface area contributed by atoms with Gasteiger partial charge in [0.25, 0.3) is 0 Å². The van der Waals surface area contributed by atoms with Gasteiger partial charge >= 0.3 is 0 Å². The Hall–Kier alpha value is -1.19. The zero-order valence-electron chi connectivity index (χ0n) is 12.6. The first-order chi connectivity index (χ1) is 10.5. The standard InChI is InChI=1S/C16H17BrN4S/c1-16(2,12-8-11(18-3)13(17)22-12)15-20-19-14(9-4-5-9)21(15)10-6-7-10/h8-10H,4-7H2,1-2H3. The van der Waals surface area contributed by atoms with E-state index in [1.165, 1.54) is 36.4 Å². The lowest BCUT2D eigenvalue weighted by atomic mass is 9.90. The molecule has 0 atom stereocenters. The molecule has 22 heavy (non-hydrogen) atoms. The molecule has 0 spiro atoms. The van der Waals surface area contributed by atoms with Crippen LogP contribution < -0.4 is 0 Å². The van der Waals surface area contributed by atoms with Crippen molar-refractivity contribution >= 4 is 33.0 Å². The Bertz CT molecular complexity index is 775. The van der Waals surface area contributed by atoms with Crippen LogP contribution in [0, 0.1) is 6.57 Å². The van der Waals surface area contributed by atoms with E-state index < -0.39 is 0 Å². The number of rotatable bonds is 4. The van der Waals surface area contributed by atoms with Gasteiger partial charge in [-0.3, -0.25) is 0 Å². The summed E-state index contributed by atoms with van der Waals surface area (Å²) in [6.45, 7) is 11.7. The van der Waals surface area contributed by atoms with Gasteiger partial charge in [-0.05, 0) is 45.6 Å². The summed E-state index contributed by atoms with van der Waals surface area (Å²) in [6, 6.07) is 2.58. The Kier molecular flexibility index (Phi) is 3.21. The van der Waals surface area contributed by atoms with Crippen LogP contribution in [0.5, 0.6) is 0 Å². The Morgan fingerprint density at radius 1 is 1.32 bits per heavy atom. The molecule has 6 heteroatoms. The predicted octanol–water partition coefficient (Wildman–Crippen LogP) is 5.19. The van der Waals surface area contributed by atoms with E-state index in [-0.39, 0.29) is 5.41 Å². The van der Waals surface area contributed by atoms with Crippen molar-refractivity contribution in [3.05, 3.63) is 37.8 Å². The number of aromatic nitrogens is 3. The maximum absolute atomic E-state index is 7.26. The molecule has 4 rings (SSSR count). The SMILES string of the molecule is [C-]#[N+]c1cc(C(C)(C)c2nnc(C3CC3)n2C2CC2)sc1Br. The monoisotopic (exact) mass is 376 g/mol. The van der Waals surface area contributed by atoms with Crippen LogP contribution in [0.2, 0.25) is 0 Å². The summed E-state index contributed by atoms with van der Waals surface area (Å²) in [6.07, 6.45) is 4.97. The Morgan fingerprint density at radius 2 is 2.05 bits per heavy atom. The van der Waals surface area contributed by atoms with E-state index in [0.717, 1.165) is 9.61 Å². The van der Waals surface area contributed by atoms with Crippen LogP contribution in [0.15, 0.2) is 9.85 Å². The third kappa shape index (κ3) is 2.22. The predicted molar refractivity (Wildman–Crippen MR) is 90.7 cm³/mol. The molecule has 0 radical (unpaired) electrons. The van der Waals surface area contributed by atoms with E-state index in [1.54, 1.807) is 11.3 Å². The van der Waals surface area contributed by atoms with Gasteiger partial charge in [0.05, 0.1) is 15.8 Å². The van der Waals surface area contributed by atoms with Crippen LogP contribution in [0.3, 0.4) is 0 Å². The first-order valence-corrected chi connectivity index (χ1v) is 9.26. The summed E-state index contributed by atoms with van der Waals surface area (Å²) < 4.78 is 3.31. The summed E-state index contributed by atoms with van der Waals surface area (Å²) >= 11 is 5.14. The lowest BCUT2D eigenvalue weighted by Crippen LogP contribution is -2.23. The van der Waals surface area contributed by atoms with E-state index in [2.05, 4.69) is 49.4 Å². The second-order valence-corrected chi connectivity index (χ2v) is 9.13. The minimum Gasteiger partial charge on any atom is -0.311 e. The molecule has 2 heterocycles. The normalized spacial score (nSPS) is 18.5. The van der Waals surface area contributed by atoms with Gasteiger partial charge in [-0.15, -0.1) is 21.5 Å². The molecule has 0 bridgehead atoms. The molecule has 114 valence electrons. The first kappa shape index (κ1) is 14.4. The van der Waals surface area contributed by atoms with Crippen LogP contribution in [0.1, 0.15) is 68.0 Å². The fourth-order valence-electron chi connectivity index (χ4n) is 2.90. The number of hydrogen-bond donors (Lipinski definition) is 0. The molecule has 0 unspecified atom stereocenters. The van der Waals surface area contributed by atoms with Crippen molar-refractivity contribution in [1.29, 1.82) is 0 Å². The van der Waals surface area contributed by atoms with Crippen LogP contribution in [-0.2, 0) is 5.41 Å². The highest BCUT2D eigenvalue weighted by atomic mass is 79.9. The second-order valence-electron chi connectivity index (χ2n) is 6.76. The second kappa shape index (κ2) is 4.90. The lowest BCUT2D eigenvalue weighted by molar-refractivity contribution is 0.533. The minimum atomic E-state index is -0.223. The smallest absolute Gasteiger partial charge is 0.212 e. The van der Waals surface area contributed by atoms with Gasteiger partial charge < -0.3 is 4.57 Å². The molecule has 0 N–H and O–H groups in total. The van der Waals surface area contributed by atoms with Crippen molar-refractivity contribution in [3.8, 4) is 0 Å². The Balaban J connectivity index is 1.81. The minimum absolute atomic E-state index is 0.223. The van der Waals surface area contributed by atoms with Crippen molar-refractivity contribution in [2.24, 2.45) is 0 Å². The van der Waals surface area contributed by atoms with Gasteiger partial charge in [0.1, 0.15) is 11.6 Å². The molecule has 0 saturated heterocycles. The topological polar surface area (TPSA) is 35.1 Å². The summed E-state index contributed by atoms with van der Waals surface area (Å²) in [4.78, 5) is 4.75. The van der Waals surface area contributed by atoms with Crippen molar-refractivity contribution < 1.29 is 0 Å². The first-order valence-electron chi connectivity index (χ1n) is 7.65. The molecule has 0 aromatic carbocycles. The van der Waals surface area contributed by atoms with Gasteiger partial charge in [-0.2, -0.15) is 0 Å². The molecule has 0 aliphatic heterocycles. The zero-order chi connectivity index (χ0) is 15.5. The van der Waals surface area contributed by atoms with Crippen molar-refractivity contribution in [1.82, 2.24) is 14.8 Å². The van der Waals surface area contributed by atoms with Crippen LogP contribution in [0.25, 0.3) is 4.85 Å². The third-order valence-corrected chi connectivity index (χ3v) is 6.67. The molecule has 0 amide bonds. The lowest BCUT2D eigenvalue weighted by Gasteiger charge is -2.24. The number of nitrogens with zero attached hydrogens (tertiary/aromatic N) is 4. The maximum atomic E-state index is 7.26. The number of thiophene rings is 1. The fraction of sp³-hybridized carbons (Fsp3) is 0.562. The van der Waals surface area contributed by atoms with E-state index >= 15 is 0 Å². The molecule has 2 aliphatic rings. The number of hydrogen-bond acceptors (Lipinski definition) is 3. The zero-order valence-corrected chi connectivity index (χ0v) is 15.0. The van der Waals surface area contributed by atoms with Gasteiger partial charge in [0, 0.05) is 16.8 Å². The van der Waals surface area contributed by atoms with E-state index in [4.69, 9.17) is 6.57 Å². The molecule has 4 nitrogen and oxygen atoms in total. The highest BCUT2D eigenvalue weighted by molar-refractivity contribution is 9.11. The van der Waals surface area contributed by atoms with Gasteiger partial charge in [-0.25, -0.2) is 4.85 Å². The van der Waals surface area contributed by atoms with Crippen LogP contribution in [0.4, 0.5) is 5.69 Å². The van der Waals surface area contributed by atoms with E-state index in [1.807, 2.05) is 6.07 Å². The van der Waals surface area contributed by atoms with Crippen LogP contribution in [-0.4, -0.2) is 14.8 Å². The van der Waals surface area contributed by atoms with Gasteiger partial charge in [-0.1, -0.05) is 15.9 Å². The maximum Gasteiger partial charge on any atom is 0.212 e. The summed E-state index contributed by atoms with van der Waals surface area (Å²) in [5, 5.41) is 9.10. The summed E-state index contributed by atoms with van der Waals surface area (Å²) in [5.74, 6) is 2.86. The van der Waals surface area contributed by atoms with Crippen molar-refractivity contribution in [2.45, 2.75) is 56.9 Å². The van der Waals surface area contributed by atoms with Gasteiger partial charge in [0.2, 0.25) is 5.69 Å². The quantitative estimate of drug-likeness (QED) is 0.688. The van der Waals surface area contributed by atoms with E-state index in [0.29, 0.717) is 17.6 Å². The summed E-state index contributed by atoms with van der Waals surface area (Å²) in [7, 11) is 0. The molecular formula is C16H17BrN4S. The Labute approximate surface area is 142 Å². The molecule has 2 aliphatic carbocycles. The molecule has 2 aromatic heterocycles. The largest absolute Gasteiger partial charge is 0.311 e. The summed E-state index contributed by atoms with van der Waals surface area (Å²) in [5.41, 5.74) is 0.465. The fourth-order valence-corrected chi connectivity index (χ4v) is 4.54. The molecular weight excluding hydrogens is 360 g/mol. The van der Waals surface area contributed by atoms with Gasteiger partial charge in [0.15, 0.2) is 0 Å². The number of halogens is 1. The van der Waals surface area contributed by atoms with Crippen LogP contribution >= 0.6 is 27.3 Å². The Morgan fingerprint density at radius 3 is 2.59 bits per heavy atom. The molecule has 2 aromatic rings. The third-order valence-electron chi connectivity index (χ3n) is 4.54. The average molecular weight is 377 g/mol. The molecule has 2 saturated carbocycles. The average Bonchev–Trinajstić information content (AvgIpc) is 3.42. The molecule has 2 fully saturated rings. The highest BCUT2D eigenvalue weighted by Crippen LogP contribution is 2.48. The van der Waals surface area contributed by atoms with E-state index in [9.17, 15) is 0 Å². The van der Waals surface area contributed by atoms with Crippen molar-refractivity contribution in [2.75, 3.05) is 0 Å².